The highest BCUT2D eigenvalue weighted by atomic mass is 16.4. The Labute approximate surface area is 97.7 Å². The fourth-order valence-corrected chi connectivity index (χ4v) is 1.25. The Morgan fingerprint density at radius 3 is 1.69 bits per heavy atom. The molecule has 0 radical (unpaired) electrons. The third-order valence-electron chi connectivity index (χ3n) is 2.36. The number of rotatable bonds is 4. The lowest BCUT2D eigenvalue weighted by Gasteiger charge is -2.13. The first-order chi connectivity index (χ1) is 7.65. The Balaban J connectivity index is 0.000000293. The van der Waals surface area contributed by atoms with E-state index in [0.29, 0.717) is 5.56 Å². The lowest BCUT2D eigenvalue weighted by Crippen LogP contribution is -2.21. The highest BCUT2D eigenvalue weighted by Crippen LogP contribution is 1.96. The molecule has 0 bridgehead atoms. The average Bonchev–Trinajstić information content (AvgIpc) is 2.33. The van der Waals surface area contributed by atoms with Crippen molar-refractivity contribution >= 4 is 5.97 Å². The van der Waals surface area contributed by atoms with E-state index in [0.717, 1.165) is 0 Å². The molecule has 0 aliphatic heterocycles. The third-order valence-corrected chi connectivity index (χ3v) is 2.36. The van der Waals surface area contributed by atoms with Crippen molar-refractivity contribution in [3.05, 3.63) is 35.9 Å². The lowest BCUT2D eigenvalue weighted by molar-refractivity contribution is 0.0697. The van der Waals surface area contributed by atoms with Gasteiger partial charge >= 0.3 is 5.97 Å². The van der Waals surface area contributed by atoms with E-state index in [9.17, 15) is 4.79 Å². The molecular weight excluding hydrogens is 202 g/mol. The van der Waals surface area contributed by atoms with E-state index in [-0.39, 0.29) is 0 Å². The summed E-state index contributed by atoms with van der Waals surface area (Å²) >= 11 is 0. The first-order valence-corrected chi connectivity index (χ1v) is 5.66. The van der Waals surface area contributed by atoms with Gasteiger partial charge in [-0.05, 0) is 31.8 Å². The average molecular weight is 223 g/mol. The molecule has 3 nitrogen and oxygen atoms in total. The molecule has 3 heteroatoms. The molecule has 0 saturated heterocycles. The first-order valence-electron chi connectivity index (χ1n) is 5.66. The monoisotopic (exact) mass is 223 g/mol. The molecule has 0 heterocycles. The second-order valence-corrected chi connectivity index (χ2v) is 3.29. The summed E-state index contributed by atoms with van der Waals surface area (Å²) in [4.78, 5) is 12.6. The number of hydrogen-bond donors (Lipinski definition) is 1. The van der Waals surface area contributed by atoms with Crippen molar-refractivity contribution in [3.63, 3.8) is 0 Å². The van der Waals surface area contributed by atoms with Crippen LogP contribution in [0, 0.1) is 0 Å². The number of benzene rings is 1. The smallest absolute Gasteiger partial charge is 0.335 e. The molecular formula is C13H21NO2. The quantitative estimate of drug-likeness (QED) is 0.853. The summed E-state index contributed by atoms with van der Waals surface area (Å²) in [7, 11) is 0. The maximum atomic E-state index is 10.2. The normalized spacial score (nSPS) is 9.50. The summed E-state index contributed by atoms with van der Waals surface area (Å²) in [6.45, 7) is 10.1. The van der Waals surface area contributed by atoms with Crippen molar-refractivity contribution in [1.82, 2.24) is 4.90 Å². The van der Waals surface area contributed by atoms with Gasteiger partial charge in [-0.2, -0.15) is 0 Å². The van der Waals surface area contributed by atoms with Crippen LogP contribution in [0.3, 0.4) is 0 Å². The Morgan fingerprint density at radius 1 is 1.06 bits per heavy atom. The molecule has 0 atom stereocenters. The van der Waals surface area contributed by atoms with E-state index in [1.54, 1.807) is 30.3 Å². The summed E-state index contributed by atoms with van der Waals surface area (Å²) < 4.78 is 0. The van der Waals surface area contributed by atoms with E-state index < -0.39 is 5.97 Å². The number of carboxylic acids is 1. The van der Waals surface area contributed by atoms with Crippen molar-refractivity contribution in [3.8, 4) is 0 Å². The van der Waals surface area contributed by atoms with Gasteiger partial charge < -0.3 is 10.0 Å². The van der Waals surface area contributed by atoms with Crippen LogP contribution in [0.4, 0.5) is 0 Å². The minimum absolute atomic E-state index is 0.331. The minimum atomic E-state index is -0.879. The molecule has 0 aromatic heterocycles. The maximum Gasteiger partial charge on any atom is 0.335 e. The molecule has 0 aliphatic rings. The SMILES string of the molecule is CCN(CC)CC.O=C(O)c1ccccc1. The maximum absolute atomic E-state index is 10.2. The van der Waals surface area contributed by atoms with Gasteiger partial charge in [0, 0.05) is 0 Å². The van der Waals surface area contributed by atoms with Crippen molar-refractivity contribution in [2.75, 3.05) is 19.6 Å². The molecule has 0 fully saturated rings. The van der Waals surface area contributed by atoms with Crippen molar-refractivity contribution < 1.29 is 9.90 Å². The Morgan fingerprint density at radius 2 is 1.50 bits per heavy atom. The standard InChI is InChI=1S/C7H6O2.C6H15N/c8-7(9)6-4-2-1-3-5-6;1-4-7(5-2)6-3/h1-5H,(H,8,9);4-6H2,1-3H3. The van der Waals surface area contributed by atoms with Crippen LogP contribution in [0.1, 0.15) is 31.1 Å². The first kappa shape index (κ1) is 14.6. The molecule has 0 saturated carbocycles. The molecule has 1 N–H and O–H groups in total. The van der Waals surface area contributed by atoms with Crippen molar-refractivity contribution in [2.45, 2.75) is 20.8 Å². The second kappa shape index (κ2) is 8.92. The lowest BCUT2D eigenvalue weighted by atomic mass is 10.2. The Bertz CT molecular complexity index is 276. The zero-order valence-corrected chi connectivity index (χ0v) is 10.3. The zero-order chi connectivity index (χ0) is 12.4. The van der Waals surface area contributed by atoms with Crippen LogP contribution < -0.4 is 0 Å². The number of carbonyl (C=O) groups is 1. The van der Waals surface area contributed by atoms with E-state index in [4.69, 9.17) is 5.11 Å². The molecule has 0 unspecified atom stereocenters. The van der Waals surface area contributed by atoms with Crippen LogP contribution in [-0.4, -0.2) is 35.6 Å². The number of hydrogen-bond acceptors (Lipinski definition) is 2. The van der Waals surface area contributed by atoms with Gasteiger partial charge in [0.2, 0.25) is 0 Å². The number of nitrogens with zero attached hydrogens (tertiary/aromatic N) is 1. The van der Waals surface area contributed by atoms with Crippen LogP contribution in [0.15, 0.2) is 30.3 Å². The molecule has 1 rings (SSSR count). The summed E-state index contributed by atoms with van der Waals surface area (Å²) in [5.74, 6) is -0.879. The summed E-state index contributed by atoms with van der Waals surface area (Å²) in [5, 5.41) is 8.38. The van der Waals surface area contributed by atoms with Gasteiger partial charge in [0.25, 0.3) is 0 Å². The van der Waals surface area contributed by atoms with Crippen molar-refractivity contribution in [1.29, 1.82) is 0 Å². The summed E-state index contributed by atoms with van der Waals surface area (Å²) in [5.41, 5.74) is 0.331. The predicted octanol–water partition coefficient (Wildman–Crippen LogP) is 2.73. The Hall–Kier alpha value is -1.35. The Kier molecular flexibility index (Phi) is 8.17. The summed E-state index contributed by atoms with van der Waals surface area (Å²) in [6, 6.07) is 8.30. The highest BCUT2D eigenvalue weighted by Gasteiger charge is 1.96. The van der Waals surface area contributed by atoms with Gasteiger partial charge in [0.1, 0.15) is 0 Å². The fourth-order valence-electron chi connectivity index (χ4n) is 1.25. The minimum Gasteiger partial charge on any atom is -0.478 e. The number of aromatic carboxylic acids is 1. The van der Waals surface area contributed by atoms with Gasteiger partial charge in [0.05, 0.1) is 5.56 Å². The van der Waals surface area contributed by atoms with Gasteiger partial charge in [-0.15, -0.1) is 0 Å². The number of carboxylic acid groups (broad SMARTS) is 1. The topological polar surface area (TPSA) is 40.5 Å². The fraction of sp³-hybridized carbons (Fsp3) is 0.462. The highest BCUT2D eigenvalue weighted by molar-refractivity contribution is 5.87. The molecule has 1 aromatic rings. The molecule has 1 aromatic carbocycles. The van der Waals surface area contributed by atoms with Gasteiger partial charge in [-0.3, -0.25) is 0 Å². The van der Waals surface area contributed by atoms with Crippen LogP contribution in [-0.2, 0) is 0 Å². The molecule has 90 valence electrons. The molecule has 16 heavy (non-hydrogen) atoms. The van der Waals surface area contributed by atoms with Crippen molar-refractivity contribution in [2.24, 2.45) is 0 Å². The molecule has 0 spiro atoms. The zero-order valence-electron chi connectivity index (χ0n) is 10.3. The van der Waals surface area contributed by atoms with Gasteiger partial charge in [0.15, 0.2) is 0 Å². The van der Waals surface area contributed by atoms with Gasteiger partial charge in [-0.1, -0.05) is 39.0 Å². The van der Waals surface area contributed by atoms with Crippen LogP contribution >= 0.6 is 0 Å². The van der Waals surface area contributed by atoms with Crippen LogP contribution in [0.5, 0.6) is 0 Å². The summed E-state index contributed by atoms with van der Waals surface area (Å²) in [6.07, 6.45) is 0. The van der Waals surface area contributed by atoms with E-state index in [1.165, 1.54) is 19.6 Å². The van der Waals surface area contributed by atoms with Crippen LogP contribution in [0.25, 0.3) is 0 Å². The van der Waals surface area contributed by atoms with E-state index in [2.05, 4.69) is 25.7 Å². The predicted molar refractivity (Wildman–Crippen MR) is 66.9 cm³/mol. The second-order valence-electron chi connectivity index (χ2n) is 3.29. The van der Waals surface area contributed by atoms with Crippen LogP contribution in [0.2, 0.25) is 0 Å². The largest absolute Gasteiger partial charge is 0.478 e. The van der Waals surface area contributed by atoms with Gasteiger partial charge in [-0.25, -0.2) is 4.79 Å². The van der Waals surface area contributed by atoms with E-state index >= 15 is 0 Å². The van der Waals surface area contributed by atoms with E-state index in [1.807, 2.05) is 0 Å². The molecule has 0 aliphatic carbocycles. The third kappa shape index (κ3) is 6.19. The molecule has 0 amide bonds.